The van der Waals surface area contributed by atoms with Gasteiger partial charge in [-0.1, -0.05) is 0 Å². The number of hydrogen-bond donors (Lipinski definition) is 2. The molecule has 39 heavy (non-hydrogen) atoms. The van der Waals surface area contributed by atoms with Gasteiger partial charge in [-0.15, -0.1) is 0 Å². The molecule has 5 rings (SSSR count). The molecular formula is C28H35N7O4. The fourth-order valence-electron chi connectivity index (χ4n) is 5.25. The number of esters is 1. The van der Waals surface area contributed by atoms with Gasteiger partial charge in [-0.3, -0.25) is 9.48 Å². The van der Waals surface area contributed by atoms with E-state index in [1.807, 2.05) is 13.2 Å². The molecule has 1 aliphatic heterocycles. The number of hydrogen-bond acceptors (Lipinski definition) is 9. The van der Waals surface area contributed by atoms with E-state index >= 15 is 0 Å². The van der Waals surface area contributed by atoms with Crippen LogP contribution >= 0.6 is 0 Å². The minimum atomic E-state index is -0.421. The van der Waals surface area contributed by atoms with Crippen LogP contribution in [-0.4, -0.2) is 76.4 Å². The van der Waals surface area contributed by atoms with Gasteiger partial charge in [0.05, 0.1) is 30.8 Å². The van der Waals surface area contributed by atoms with Crippen LogP contribution in [0.3, 0.4) is 0 Å². The number of ether oxygens (including phenoxy) is 2. The predicted molar refractivity (Wildman–Crippen MR) is 146 cm³/mol. The maximum Gasteiger partial charge on any atom is 0.359 e. The highest BCUT2D eigenvalue weighted by atomic mass is 16.5. The van der Waals surface area contributed by atoms with Crippen molar-refractivity contribution >= 4 is 23.5 Å². The molecule has 1 aromatic carbocycles. The van der Waals surface area contributed by atoms with Crippen molar-refractivity contribution in [3.8, 4) is 17.1 Å². The van der Waals surface area contributed by atoms with Crippen molar-refractivity contribution in [3.63, 3.8) is 0 Å². The summed E-state index contributed by atoms with van der Waals surface area (Å²) in [5.74, 6) is 0.351. The van der Waals surface area contributed by atoms with Crippen LogP contribution in [-0.2, 0) is 24.6 Å². The maximum atomic E-state index is 12.9. The van der Waals surface area contributed by atoms with E-state index in [0.717, 1.165) is 61.3 Å². The highest BCUT2D eigenvalue weighted by Gasteiger charge is 2.28. The van der Waals surface area contributed by atoms with Crippen molar-refractivity contribution in [1.29, 1.82) is 0 Å². The van der Waals surface area contributed by atoms with E-state index in [-0.39, 0.29) is 18.6 Å². The molecule has 206 valence electrons. The van der Waals surface area contributed by atoms with E-state index in [0.29, 0.717) is 35.1 Å². The Bertz CT molecular complexity index is 1380. The molecule has 11 heteroatoms. The maximum absolute atomic E-state index is 12.9. The van der Waals surface area contributed by atoms with Gasteiger partial charge in [0, 0.05) is 30.4 Å². The number of benzene rings is 1. The molecule has 0 spiro atoms. The topological polar surface area (TPSA) is 123 Å². The Kier molecular flexibility index (Phi) is 7.78. The number of carbonyl (C=O) groups excluding carboxylic acids is 2. The van der Waals surface area contributed by atoms with Gasteiger partial charge in [-0.25, -0.2) is 14.8 Å². The molecule has 1 aliphatic carbocycles. The molecule has 1 saturated heterocycles. The number of methoxy groups -OCH3 is 1. The number of amides is 1. The van der Waals surface area contributed by atoms with Gasteiger partial charge in [-0.2, -0.15) is 5.10 Å². The third-order valence-electron chi connectivity index (χ3n) is 7.34. The van der Waals surface area contributed by atoms with Crippen LogP contribution in [0.15, 0.2) is 24.4 Å². The molecule has 0 unspecified atom stereocenters. The Labute approximate surface area is 227 Å². The van der Waals surface area contributed by atoms with Gasteiger partial charge in [0.1, 0.15) is 5.75 Å². The van der Waals surface area contributed by atoms with E-state index in [9.17, 15) is 9.59 Å². The van der Waals surface area contributed by atoms with Crippen LogP contribution in [0.5, 0.6) is 5.75 Å². The van der Waals surface area contributed by atoms with Gasteiger partial charge in [-0.05, 0) is 82.9 Å². The van der Waals surface area contributed by atoms with Gasteiger partial charge in [0.15, 0.2) is 5.69 Å². The van der Waals surface area contributed by atoms with Crippen molar-refractivity contribution in [2.75, 3.05) is 39.2 Å². The highest BCUT2D eigenvalue weighted by Crippen LogP contribution is 2.34. The lowest BCUT2D eigenvalue weighted by molar-refractivity contribution is 0.0517. The van der Waals surface area contributed by atoms with Crippen LogP contribution in [0.2, 0.25) is 0 Å². The summed E-state index contributed by atoms with van der Waals surface area (Å²) in [6.07, 6.45) is 6.03. The molecule has 0 atom stereocenters. The number of anilines is 2. The average molecular weight is 534 g/mol. The molecule has 11 nitrogen and oxygen atoms in total. The zero-order valence-electron chi connectivity index (χ0n) is 22.9. The monoisotopic (exact) mass is 533 g/mol. The fraction of sp³-hybridized carbons (Fsp3) is 0.464. The SMILES string of the molecule is CCOC(=O)c1nn(C)c2c1CCCc1cnc(Nc3ccc(C(=O)NC4CCN(C)CC4)cc3OC)nc1-2. The van der Waals surface area contributed by atoms with Crippen LogP contribution in [0, 0.1) is 0 Å². The number of carbonyl (C=O) groups is 2. The molecule has 0 saturated carbocycles. The number of likely N-dealkylation sites (tertiary alicyclic amines) is 1. The first-order valence-electron chi connectivity index (χ1n) is 13.4. The standard InChI is InChI=1S/C28H35N7O4/c1-5-39-27(37)24-20-8-6-7-18-16-29-28(32-23(18)25(20)35(3)33-24)31-21-10-9-17(15-22(21)38-4)26(36)30-19-11-13-34(2)14-12-19/h9-10,15-16,19H,5-8,11-14H2,1-4H3,(H,30,36)(H,29,31,32). The molecular weight excluding hydrogens is 498 g/mol. The number of nitrogens with zero attached hydrogens (tertiary/aromatic N) is 5. The summed E-state index contributed by atoms with van der Waals surface area (Å²) in [5.41, 5.74) is 4.88. The Morgan fingerprint density at radius 3 is 2.69 bits per heavy atom. The van der Waals surface area contributed by atoms with E-state index < -0.39 is 5.97 Å². The Balaban J connectivity index is 1.39. The second kappa shape index (κ2) is 11.4. The lowest BCUT2D eigenvalue weighted by Crippen LogP contribution is -2.43. The molecule has 0 bridgehead atoms. The number of fused-ring (bicyclic) bond motifs is 3. The number of aromatic nitrogens is 4. The summed E-state index contributed by atoms with van der Waals surface area (Å²) in [7, 11) is 5.47. The zero-order valence-corrected chi connectivity index (χ0v) is 22.9. The normalized spacial score (nSPS) is 15.6. The first-order valence-corrected chi connectivity index (χ1v) is 13.4. The highest BCUT2D eigenvalue weighted by molar-refractivity contribution is 5.95. The number of aryl methyl sites for hydroxylation is 2. The van der Waals surface area contributed by atoms with Crippen LogP contribution in [0.25, 0.3) is 11.4 Å². The largest absolute Gasteiger partial charge is 0.495 e. The summed E-state index contributed by atoms with van der Waals surface area (Å²) < 4.78 is 12.5. The number of piperidine rings is 1. The van der Waals surface area contributed by atoms with E-state index in [1.54, 1.807) is 36.9 Å². The molecule has 0 radical (unpaired) electrons. The predicted octanol–water partition coefficient (Wildman–Crippen LogP) is 3.12. The Morgan fingerprint density at radius 1 is 1.15 bits per heavy atom. The quantitative estimate of drug-likeness (QED) is 0.441. The zero-order chi connectivity index (χ0) is 27.5. The minimum absolute atomic E-state index is 0.114. The summed E-state index contributed by atoms with van der Waals surface area (Å²) in [5, 5.41) is 10.8. The summed E-state index contributed by atoms with van der Waals surface area (Å²) >= 11 is 0. The molecule has 2 N–H and O–H groups in total. The molecule has 2 aliphatic rings. The van der Waals surface area contributed by atoms with Crippen LogP contribution < -0.4 is 15.4 Å². The first-order chi connectivity index (χ1) is 18.9. The van der Waals surface area contributed by atoms with Gasteiger partial charge in [0.2, 0.25) is 5.95 Å². The summed E-state index contributed by atoms with van der Waals surface area (Å²) in [6, 6.07) is 5.46. The summed E-state index contributed by atoms with van der Waals surface area (Å²) in [6.45, 7) is 4.02. The molecule has 2 aromatic heterocycles. The average Bonchev–Trinajstić information content (AvgIpc) is 3.14. The van der Waals surface area contributed by atoms with Crippen LogP contribution in [0.4, 0.5) is 11.6 Å². The van der Waals surface area contributed by atoms with Crippen LogP contribution in [0.1, 0.15) is 58.2 Å². The Morgan fingerprint density at radius 2 is 1.95 bits per heavy atom. The number of nitrogens with one attached hydrogen (secondary N) is 2. The molecule has 3 heterocycles. The number of rotatable bonds is 7. The van der Waals surface area contributed by atoms with Crippen molar-refractivity contribution in [2.24, 2.45) is 7.05 Å². The van der Waals surface area contributed by atoms with Crippen molar-refractivity contribution < 1.29 is 19.1 Å². The molecule has 1 amide bonds. The molecule has 1 fully saturated rings. The third kappa shape index (κ3) is 5.58. The third-order valence-corrected chi connectivity index (χ3v) is 7.34. The minimum Gasteiger partial charge on any atom is -0.495 e. The summed E-state index contributed by atoms with van der Waals surface area (Å²) in [4.78, 5) is 37.1. The fourth-order valence-corrected chi connectivity index (χ4v) is 5.25. The Hall–Kier alpha value is -3.99. The van der Waals surface area contributed by atoms with E-state index in [4.69, 9.17) is 14.5 Å². The van der Waals surface area contributed by atoms with E-state index in [1.165, 1.54) is 0 Å². The second-order valence-corrected chi connectivity index (χ2v) is 10.0. The van der Waals surface area contributed by atoms with Crippen molar-refractivity contribution in [1.82, 2.24) is 30.0 Å². The second-order valence-electron chi connectivity index (χ2n) is 10.0. The van der Waals surface area contributed by atoms with Crippen molar-refractivity contribution in [2.45, 2.75) is 45.1 Å². The van der Waals surface area contributed by atoms with E-state index in [2.05, 4.69) is 32.7 Å². The van der Waals surface area contributed by atoms with Gasteiger partial charge < -0.3 is 25.0 Å². The van der Waals surface area contributed by atoms with Gasteiger partial charge in [0.25, 0.3) is 5.91 Å². The lowest BCUT2D eigenvalue weighted by atomic mass is 10.0. The lowest BCUT2D eigenvalue weighted by Gasteiger charge is -2.29. The van der Waals surface area contributed by atoms with Gasteiger partial charge >= 0.3 is 5.97 Å². The first kappa shape index (κ1) is 26.6. The smallest absolute Gasteiger partial charge is 0.359 e. The van der Waals surface area contributed by atoms with Crippen molar-refractivity contribution in [3.05, 3.63) is 46.8 Å². The molecule has 3 aromatic rings.